The summed E-state index contributed by atoms with van der Waals surface area (Å²) in [5.41, 5.74) is 3.28. The number of benzene rings is 4. The summed E-state index contributed by atoms with van der Waals surface area (Å²) in [6, 6.07) is 31.8. The third-order valence-corrected chi connectivity index (χ3v) is 5.24. The minimum Gasteiger partial charge on any atom is -0.273 e. The molecule has 0 aliphatic rings. The summed E-state index contributed by atoms with van der Waals surface area (Å²) < 4.78 is 1.87. The molecule has 0 spiro atoms. The van der Waals surface area contributed by atoms with Gasteiger partial charge in [0.2, 0.25) is 0 Å². The van der Waals surface area contributed by atoms with Crippen LogP contribution in [0, 0.1) is 0 Å². The second kappa shape index (κ2) is 6.82. The van der Waals surface area contributed by atoms with Gasteiger partial charge in [-0.05, 0) is 51.4 Å². The van der Waals surface area contributed by atoms with Crippen LogP contribution in [0.15, 0.2) is 91.0 Å². The zero-order valence-corrected chi connectivity index (χ0v) is 15.7. The van der Waals surface area contributed by atoms with Crippen LogP contribution in [0.3, 0.4) is 0 Å². The van der Waals surface area contributed by atoms with E-state index in [-0.39, 0.29) is 0 Å². The Morgan fingerprint density at radius 2 is 1.25 bits per heavy atom. The largest absolute Gasteiger partial charge is 0.273 e. The number of hydrogen-bond donors (Lipinski definition) is 0. The topological polar surface area (TPSA) is 13.1 Å². The Hall–Kier alpha value is -3.65. The van der Waals surface area contributed by atoms with Crippen molar-refractivity contribution in [2.24, 2.45) is 0 Å². The van der Waals surface area contributed by atoms with E-state index < -0.39 is 0 Å². The molecule has 28 heavy (non-hydrogen) atoms. The minimum atomic E-state index is 0.998. The molecule has 1 heterocycles. The highest BCUT2D eigenvalue weighted by atomic mass is 16.6. The average Bonchev–Trinajstić information content (AvgIpc) is 2.76. The lowest BCUT2D eigenvalue weighted by Crippen LogP contribution is -2.44. The van der Waals surface area contributed by atoms with Crippen molar-refractivity contribution < 1.29 is 9.57 Å². The summed E-state index contributed by atoms with van der Waals surface area (Å²) in [6.45, 7) is 0. The first kappa shape index (κ1) is 16.5. The zero-order chi connectivity index (χ0) is 18.9. The molecule has 5 rings (SSSR count). The van der Waals surface area contributed by atoms with Gasteiger partial charge in [0.15, 0.2) is 0 Å². The molecule has 2 heteroatoms. The van der Waals surface area contributed by atoms with Crippen LogP contribution in [0.4, 0.5) is 0 Å². The van der Waals surface area contributed by atoms with E-state index in [0.29, 0.717) is 0 Å². The van der Waals surface area contributed by atoms with E-state index in [2.05, 4.69) is 91.0 Å². The summed E-state index contributed by atoms with van der Waals surface area (Å²) in [7, 11) is 1.71. The summed E-state index contributed by atoms with van der Waals surface area (Å²) >= 11 is 0. The van der Waals surface area contributed by atoms with Crippen molar-refractivity contribution >= 4 is 44.6 Å². The van der Waals surface area contributed by atoms with E-state index in [1.54, 1.807) is 7.11 Å². The van der Waals surface area contributed by atoms with E-state index in [1.165, 1.54) is 27.1 Å². The lowest BCUT2D eigenvalue weighted by molar-refractivity contribution is -0.866. The second-order valence-electron chi connectivity index (χ2n) is 6.86. The normalized spacial score (nSPS) is 11.6. The molecule has 0 fully saturated rings. The molecule has 0 aliphatic heterocycles. The maximum atomic E-state index is 5.69. The third kappa shape index (κ3) is 2.71. The molecule has 0 saturated carbocycles. The van der Waals surface area contributed by atoms with Crippen molar-refractivity contribution in [3.63, 3.8) is 0 Å². The van der Waals surface area contributed by atoms with Gasteiger partial charge in [-0.1, -0.05) is 60.7 Å². The fourth-order valence-electron chi connectivity index (χ4n) is 3.92. The molecular formula is C26H20NO+. The number of nitrogens with zero attached hydrogens (tertiary/aromatic N) is 1. The van der Waals surface area contributed by atoms with Crippen LogP contribution in [0.25, 0.3) is 44.6 Å². The molecule has 0 N–H and O–H groups in total. The highest BCUT2D eigenvalue weighted by Crippen LogP contribution is 2.29. The predicted molar refractivity (Wildman–Crippen MR) is 117 cm³/mol. The van der Waals surface area contributed by atoms with Gasteiger partial charge >= 0.3 is 0 Å². The zero-order valence-electron chi connectivity index (χ0n) is 15.7. The van der Waals surface area contributed by atoms with Crippen LogP contribution in [-0.4, -0.2) is 7.11 Å². The maximum Gasteiger partial charge on any atom is 0.265 e. The first-order chi connectivity index (χ1) is 13.8. The quantitative estimate of drug-likeness (QED) is 0.298. The molecular weight excluding hydrogens is 342 g/mol. The van der Waals surface area contributed by atoms with Crippen LogP contribution in [-0.2, 0) is 0 Å². The average molecular weight is 362 g/mol. The van der Waals surface area contributed by atoms with E-state index in [9.17, 15) is 0 Å². The summed E-state index contributed by atoms with van der Waals surface area (Å²) in [5, 5.41) is 6.15. The number of aromatic nitrogens is 1. The van der Waals surface area contributed by atoms with Crippen LogP contribution < -0.4 is 9.57 Å². The number of para-hydroxylation sites is 1. The smallest absolute Gasteiger partial charge is 0.265 e. The third-order valence-electron chi connectivity index (χ3n) is 5.24. The van der Waals surface area contributed by atoms with Gasteiger partial charge in [-0.3, -0.25) is 4.84 Å². The Balaban J connectivity index is 1.74. The minimum absolute atomic E-state index is 0.998. The standard InChI is InChI=1S/C26H20NO/c1-28-27-22(15-14-19-8-4-7-13-26(19)27)16-17-25-23-11-5-2-9-20(23)18-21-10-3-6-12-24(21)25/h2-18H,1H3/q+1. The van der Waals surface area contributed by atoms with Gasteiger partial charge in [-0.2, -0.15) is 0 Å². The fraction of sp³-hybridized carbons (Fsp3) is 0.0385. The summed E-state index contributed by atoms with van der Waals surface area (Å²) in [6.07, 6.45) is 4.33. The lowest BCUT2D eigenvalue weighted by atomic mass is 9.96. The van der Waals surface area contributed by atoms with Crippen LogP contribution >= 0.6 is 0 Å². The molecule has 0 radical (unpaired) electrons. The Morgan fingerprint density at radius 1 is 0.643 bits per heavy atom. The van der Waals surface area contributed by atoms with Crippen molar-refractivity contribution in [2.75, 3.05) is 7.11 Å². The van der Waals surface area contributed by atoms with E-state index in [4.69, 9.17) is 4.84 Å². The molecule has 1 aromatic heterocycles. The Labute approximate surface area is 163 Å². The van der Waals surface area contributed by atoms with Crippen LogP contribution in [0.2, 0.25) is 0 Å². The number of hydrogen-bond acceptors (Lipinski definition) is 1. The molecule has 5 aromatic rings. The first-order valence-electron chi connectivity index (χ1n) is 9.42. The van der Waals surface area contributed by atoms with E-state index >= 15 is 0 Å². The Morgan fingerprint density at radius 3 is 1.93 bits per heavy atom. The van der Waals surface area contributed by atoms with Crippen LogP contribution in [0.5, 0.6) is 0 Å². The molecule has 2 nitrogen and oxygen atoms in total. The van der Waals surface area contributed by atoms with Gasteiger partial charge in [0.25, 0.3) is 11.2 Å². The van der Waals surface area contributed by atoms with Gasteiger partial charge in [0.05, 0.1) is 5.39 Å². The number of rotatable bonds is 3. The predicted octanol–water partition coefficient (Wildman–Crippen LogP) is 5.66. The van der Waals surface area contributed by atoms with E-state index in [1.807, 2.05) is 16.9 Å². The summed E-state index contributed by atoms with van der Waals surface area (Å²) in [5.74, 6) is 0. The van der Waals surface area contributed by atoms with Crippen molar-refractivity contribution in [3.8, 4) is 0 Å². The lowest BCUT2D eigenvalue weighted by Gasteiger charge is -2.08. The number of fused-ring (bicyclic) bond motifs is 3. The number of pyridine rings is 1. The highest BCUT2D eigenvalue weighted by molar-refractivity contribution is 6.07. The van der Waals surface area contributed by atoms with Gasteiger partial charge in [0.1, 0.15) is 7.11 Å². The van der Waals surface area contributed by atoms with Crippen molar-refractivity contribution in [1.29, 1.82) is 0 Å². The Kier molecular flexibility index (Phi) is 4.02. The molecule has 0 saturated heterocycles. The van der Waals surface area contributed by atoms with Crippen molar-refractivity contribution in [2.45, 2.75) is 0 Å². The molecule has 134 valence electrons. The second-order valence-corrected chi connectivity index (χ2v) is 6.86. The molecule has 0 unspecified atom stereocenters. The SMILES string of the molecule is CO[n+]1c(C=Cc2c3ccccc3cc3ccccc23)ccc2ccccc21. The van der Waals surface area contributed by atoms with Crippen LogP contribution in [0.1, 0.15) is 11.3 Å². The van der Waals surface area contributed by atoms with Crippen molar-refractivity contribution in [1.82, 2.24) is 0 Å². The molecule has 4 aromatic carbocycles. The van der Waals surface area contributed by atoms with Gasteiger partial charge in [0, 0.05) is 22.9 Å². The van der Waals surface area contributed by atoms with Crippen molar-refractivity contribution in [3.05, 3.63) is 102 Å². The fourth-order valence-corrected chi connectivity index (χ4v) is 3.92. The molecule has 0 bridgehead atoms. The molecule has 0 amide bonds. The van der Waals surface area contributed by atoms with E-state index in [0.717, 1.165) is 16.6 Å². The molecule has 0 atom stereocenters. The summed E-state index contributed by atoms with van der Waals surface area (Å²) in [4.78, 5) is 5.69. The monoisotopic (exact) mass is 362 g/mol. The highest BCUT2D eigenvalue weighted by Gasteiger charge is 2.15. The molecule has 0 aliphatic carbocycles. The maximum absolute atomic E-state index is 5.69. The van der Waals surface area contributed by atoms with Gasteiger partial charge in [-0.25, -0.2) is 0 Å². The first-order valence-corrected chi connectivity index (χ1v) is 9.42. The van der Waals surface area contributed by atoms with Gasteiger partial charge in [-0.15, -0.1) is 0 Å². The Bertz CT molecular complexity index is 1300. The van der Waals surface area contributed by atoms with Gasteiger partial charge < -0.3 is 0 Å².